The number of methoxy groups -OCH3 is 1. The van der Waals surface area contributed by atoms with Gasteiger partial charge in [-0.25, -0.2) is 14.5 Å². The summed E-state index contributed by atoms with van der Waals surface area (Å²) in [5.74, 6) is 0.846. The lowest BCUT2D eigenvalue weighted by Gasteiger charge is -2.26. The summed E-state index contributed by atoms with van der Waals surface area (Å²) in [6.07, 6.45) is 3.92. The fourth-order valence-electron chi connectivity index (χ4n) is 6.14. The highest BCUT2D eigenvalue weighted by molar-refractivity contribution is 5.86. The van der Waals surface area contributed by atoms with Gasteiger partial charge in [-0.05, 0) is 86.9 Å². The maximum atomic E-state index is 12.4. The first-order valence-corrected chi connectivity index (χ1v) is 14.4. The van der Waals surface area contributed by atoms with Crippen molar-refractivity contribution >= 4 is 17.9 Å². The number of carbonyl (C=O) groups is 2. The number of aryl methyl sites for hydroxylation is 3. The molecule has 1 unspecified atom stereocenters. The number of carboxylic acid groups (broad SMARTS) is 1. The number of aliphatic hydroxyl groups excluding tert-OH is 1. The Kier molecular flexibility index (Phi) is 8.99. The Labute approximate surface area is 240 Å². The first-order chi connectivity index (χ1) is 19.8. The monoisotopic (exact) mass is 561 g/mol. The number of ether oxygens (including phenoxy) is 1. The molecule has 4 heterocycles. The number of nitrogens with zero attached hydrogens (tertiary/aromatic N) is 5. The number of aromatic nitrogens is 3. The van der Waals surface area contributed by atoms with Gasteiger partial charge in [0.05, 0.1) is 31.5 Å². The smallest absolute Gasteiger partial charge is 0.413 e. The molecule has 41 heavy (non-hydrogen) atoms. The number of benzene rings is 1. The molecule has 2 atom stereocenters. The average molecular weight is 562 g/mol. The molecule has 0 saturated carbocycles. The van der Waals surface area contributed by atoms with Crippen LogP contribution in [0.1, 0.15) is 59.8 Å². The Bertz CT molecular complexity index is 1390. The molecule has 1 amide bonds. The Morgan fingerprint density at radius 3 is 2.76 bits per heavy atom. The number of fused-ring (bicyclic) bond motifs is 1. The predicted molar refractivity (Wildman–Crippen MR) is 154 cm³/mol. The highest BCUT2D eigenvalue weighted by Crippen LogP contribution is 2.30. The first-order valence-electron chi connectivity index (χ1n) is 14.4. The van der Waals surface area contributed by atoms with E-state index in [1.807, 2.05) is 41.9 Å². The van der Waals surface area contributed by atoms with Crippen LogP contribution in [0, 0.1) is 12.8 Å². The van der Waals surface area contributed by atoms with Crippen molar-refractivity contribution in [1.82, 2.24) is 19.7 Å². The third-order valence-corrected chi connectivity index (χ3v) is 8.31. The van der Waals surface area contributed by atoms with E-state index in [4.69, 9.17) is 9.72 Å². The first kappa shape index (κ1) is 28.8. The molecule has 3 aromatic rings. The summed E-state index contributed by atoms with van der Waals surface area (Å²) in [5.41, 5.74) is 5.45. The van der Waals surface area contributed by atoms with Crippen LogP contribution in [0.3, 0.4) is 0 Å². The van der Waals surface area contributed by atoms with Crippen molar-refractivity contribution in [2.75, 3.05) is 38.2 Å². The van der Waals surface area contributed by atoms with Crippen LogP contribution in [0.4, 0.5) is 10.6 Å². The lowest BCUT2D eigenvalue weighted by molar-refractivity contribution is -0.141. The van der Waals surface area contributed by atoms with Crippen LogP contribution in [0.15, 0.2) is 42.5 Å². The van der Waals surface area contributed by atoms with E-state index in [9.17, 15) is 19.8 Å². The van der Waals surface area contributed by atoms with Crippen molar-refractivity contribution in [3.05, 3.63) is 70.7 Å². The second-order valence-electron chi connectivity index (χ2n) is 11.2. The molecule has 0 spiro atoms. The van der Waals surface area contributed by atoms with Crippen LogP contribution in [-0.2, 0) is 29.0 Å². The third-order valence-electron chi connectivity index (χ3n) is 8.31. The number of esters is 1. The fourth-order valence-corrected chi connectivity index (χ4v) is 6.14. The molecule has 2 aliphatic rings. The van der Waals surface area contributed by atoms with E-state index in [1.165, 1.54) is 12.0 Å². The van der Waals surface area contributed by atoms with Crippen molar-refractivity contribution in [2.45, 2.75) is 58.0 Å². The second kappa shape index (κ2) is 12.8. The van der Waals surface area contributed by atoms with Crippen LogP contribution in [0.2, 0.25) is 0 Å². The molecule has 0 aliphatic carbocycles. The zero-order valence-corrected chi connectivity index (χ0v) is 23.8. The summed E-state index contributed by atoms with van der Waals surface area (Å²) >= 11 is 0. The number of likely N-dealkylation sites (tertiary alicyclic amines) is 1. The average Bonchev–Trinajstić information content (AvgIpc) is 3.60. The standard InChI is InChI=1S/C31H39N5O5/c1-21-15-27(20-37)33-36(21)28-7-3-5-24(16-28)25(17-29(38)41-2)19-34-14-12-22(18-34)8-10-26-11-9-23-6-4-13-35(31(39)40)30(23)32-26/h3,5,7,9,11,15-16,22,25,37H,4,6,8,10,12-14,17-20H2,1-2H3,(H,39,40)/t22-,25?/m1/s1. The van der Waals surface area contributed by atoms with E-state index in [-0.39, 0.29) is 18.5 Å². The number of amides is 1. The van der Waals surface area contributed by atoms with Gasteiger partial charge in [0, 0.05) is 36.9 Å². The van der Waals surface area contributed by atoms with Gasteiger partial charge in [-0.15, -0.1) is 0 Å². The number of aliphatic hydroxyl groups is 1. The summed E-state index contributed by atoms with van der Waals surface area (Å²) in [7, 11) is 1.43. The largest absolute Gasteiger partial charge is 0.469 e. The van der Waals surface area contributed by atoms with Gasteiger partial charge in [-0.1, -0.05) is 18.2 Å². The van der Waals surface area contributed by atoms with Crippen LogP contribution in [0.5, 0.6) is 0 Å². The summed E-state index contributed by atoms with van der Waals surface area (Å²) < 4.78 is 6.86. The number of pyridine rings is 1. The summed E-state index contributed by atoms with van der Waals surface area (Å²) in [6.45, 7) is 5.00. The molecule has 1 saturated heterocycles. The van der Waals surface area contributed by atoms with Crippen LogP contribution in [-0.4, -0.2) is 75.2 Å². The number of rotatable bonds is 10. The van der Waals surface area contributed by atoms with Crippen molar-refractivity contribution in [3.8, 4) is 5.69 Å². The van der Waals surface area contributed by atoms with Gasteiger partial charge >= 0.3 is 12.1 Å². The van der Waals surface area contributed by atoms with E-state index in [0.29, 0.717) is 30.4 Å². The fraction of sp³-hybridized carbons (Fsp3) is 0.484. The van der Waals surface area contributed by atoms with E-state index >= 15 is 0 Å². The molecule has 2 aliphatic heterocycles. The minimum absolute atomic E-state index is 0.0290. The Balaban J connectivity index is 1.23. The van der Waals surface area contributed by atoms with E-state index in [2.05, 4.69) is 22.1 Å². The summed E-state index contributed by atoms with van der Waals surface area (Å²) in [6, 6.07) is 14.0. The molecule has 2 aromatic heterocycles. The molecule has 0 bridgehead atoms. The van der Waals surface area contributed by atoms with Crippen LogP contribution < -0.4 is 4.90 Å². The van der Waals surface area contributed by atoms with Crippen molar-refractivity contribution in [2.24, 2.45) is 5.92 Å². The third kappa shape index (κ3) is 6.77. The van der Waals surface area contributed by atoms with Crippen molar-refractivity contribution in [1.29, 1.82) is 0 Å². The number of carbonyl (C=O) groups excluding carboxylic acids is 1. The molecule has 5 rings (SSSR count). The highest BCUT2D eigenvalue weighted by atomic mass is 16.5. The maximum Gasteiger partial charge on any atom is 0.413 e. The van der Waals surface area contributed by atoms with E-state index < -0.39 is 6.09 Å². The van der Waals surface area contributed by atoms with Gasteiger partial charge in [0.2, 0.25) is 0 Å². The van der Waals surface area contributed by atoms with Crippen LogP contribution in [0.25, 0.3) is 5.69 Å². The molecule has 10 heteroatoms. The lowest BCUT2D eigenvalue weighted by atomic mass is 9.94. The van der Waals surface area contributed by atoms with Crippen molar-refractivity contribution < 1.29 is 24.5 Å². The molecule has 1 aromatic carbocycles. The molecular formula is C31H39N5O5. The second-order valence-corrected chi connectivity index (χ2v) is 11.2. The van der Waals surface area contributed by atoms with Crippen molar-refractivity contribution in [3.63, 3.8) is 0 Å². The van der Waals surface area contributed by atoms with Gasteiger partial charge < -0.3 is 19.8 Å². The Hall–Kier alpha value is -3.76. The van der Waals surface area contributed by atoms with E-state index in [0.717, 1.165) is 79.9 Å². The van der Waals surface area contributed by atoms with Gasteiger partial charge in [0.1, 0.15) is 5.82 Å². The summed E-state index contributed by atoms with van der Waals surface area (Å²) in [5, 5.41) is 23.6. The number of hydrogen-bond donors (Lipinski definition) is 2. The predicted octanol–water partition coefficient (Wildman–Crippen LogP) is 4.10. The minimum Gasteiger partial charge on any atom is -0.469 e. The van der Waals surface area contributed by atoms with Crippen LogP contribution >= 0.6 is 0 Å². The zero-order valence-electron chi connectivity index (χ0n) is 23.8. The number of hydrogen-bond acceptors (Lipinski definition) is 7. The number of anilines is 1. The lowest BCUT2D eigenvalue weighted by Crippen LogP contribution is -2.35. The quantitative estimate of drug-likeness (QED) is 0.355. The normalized spacial score (nSPS) is 17.8. The van der Waals surface area contributed by atoms with E-state index in [1.54, 1.807) is 0 Å². The summed E-state index contributed by atoms with van der Waals surface area (Å²) in [4.78, 5) is 32.6. The van der Waals surface area contributed by atoms with Gasteiger partial charge in [-0.3, -0.25) is 9.69 Å². The molecule has 2 N–H and O–H groups in total. The molecule has 1 fully saturated rings. The van der Waals surface area contributed by atoms with Gasteiger partial charge in [-0.2, -0.15) is 5.10 Å². The Morgan fingerprint density at radius 2 is 2.00 bits per heavy atom. The van der Waals surface area contributed by atoms with Gasteiger partial charge in [0.25, 0.3) is 0 Å². The highest BCUT2D eigenvalue weighted by Gasteiger charge is 2.28. The maximum absolute atomic E-state index is 12.4. The SMILES string of the molecule is COC(=O)CC(CN1CC[C@@H](CCc2ccc3c(n2)N(C(=O)O)CCC3)C1)c1cccc(-n2nc(CO)cc2C)c1. The zero-order chi connectivity index (χ0) is 28.9. The Morgan fingerprint density at radius 1 is 1.15 bits per heavy atom. The minimum atomic E-state index is -0.941. The topological polar surface area (TPSA) is 121 Å². The van der Waals surface area contributed by atoms with Gasteiger partial charge in [0.15, 0.2) is 0 Å². The molecule has 10 nitrogen and oxygen atoms in total. The molecular weight excluding hydrogens is 522 g/mol. The molecule has 218 valence electrons. The molecule has 0 radical (unpaired) electrons.